The van der Waals surface area contributed by atoms with Crippen LogP contribution in [0, 0.1) is 13.8 Å². The van der Waals surface area contributed by atoms with Crippen LogP contribution in [0.1, 0.15) is 27.0 Å². The summed E-state index contributed by atoms with van der Waals surface area (Å²) in [5, 5.41) is 12.1. The quantitative estimate of drug-likeness (QED) is 0.475. The molecular formula is C23H23N5O3. The molecule has 1 aliphatic carbocycles. The molecule has 2 amide bonds. The minimum absolute atomic E-state index is 0.143. The Kier molecular flexibility index (Phi) is 4.80. The number of hydrogen-bond donors (Lipinski definition) is 3. The van der Waals surface area contributed by atoms with Crippen molar-refractivity contribution in [3.05, 3.63) is 58.7 Å². The SMILES string of the molecule is Cc1ccc(-c2[nH]nc3c2C(=O)c2c(NC(=O)NN4CCOCC4)cccc2-3)c(C)c1. The number of amides is 2. The van der Waals surface area contributed by atoms with E-state index in [1.807, 2.05) is 38.1 Å². The van der Waals surface area contributed by atoms with Gasteiger partial charge in [0, 0.05) is 24.2 Å². The second-order valence-electron chi connectivity index (χ2n) is 7.86. The number of ketones is 1. The van der Waals surface area contributed by atoms with Gasteiger partial charge in [0.15, 0.2) is 5.78 Å². The second-order valence-corrected chi connectivity index (χ2v) is 7.86. The van der Waals surface area contributed by atoms with Crippen LogP contribution in [0.25, 0.3) is 22.5 Å². The summed E-state index contributed by atoms with van der Waals surface area (Å²) in [4.78, 5) is 26.0. The van der Waals surface area contributed by atoms with Crippen molar-refractivity contribution in [3.63, 3.8) is 0 Å². The predicted octanol–water partition coefficient (Wildman–Crippen LogP) is 3.27. The highest BCUT2D eigenvalue weighted by atomic mass is 16.5. The van der Waals surface area contributed by atoms with E-state index in [1.54, 1.807) is 11.1 Å². The van der Waals surface area contributed by atoms with Gasteiger partial charge in [-0.2, -0.15) is 5.10 Å². The topological polar surface area (TPSA) is 99.3 Å². The fraction of sp³-hybridized carbons (Fsp3) is 0.261. The first-order valence-corrected chi connectivity index (χ1v) is 10.3. The molecule has 2 aliphatic rings. The van der Waals surface area contributed by atoms with Crippen LogP contribution in [-0.2, 0) is 4.74 Å². The minimum Gasteiger partial charge on any atom is -0.379 e. The first-order chi connectivity index (χ1) is 15.0. The number of anilines is 1. The average Bonchev–Trinajstić information content (AvgIpc) is 3.29. The van der Waals surface area contributed by atoms with Gasteiger partial charge in [0.2, 0.25) is 0 Å². The lowest BCUT2D eigenvalue weighted by atomic mass is 9.98. The number of carbonyl (C=O) groups is 2. The van der Waals surface area contributed by atoms with Gasteiger partial charge in [0.1, 0.15) is 5.69 Å². The van der Waals surface area contributed by atoms with Gasteiger partial charge >= 0.3 is 6.03 Å². The van der Waals surface area contributed by atoms with Gasteiger partial charge < -0.3 is 10.1 Å². The smallest absolute Gasteiger partial charge is 0.333 e. The molecule has 1 aliphatic heterocycles. The Bertz CT molecular complexity index is 1190. The molecule has 3 N–H and O–H groups in total. The van der Waals surface area contributed by atoms with Gasteiger partial charge in [-0.1, -0.05) is 35.9 Å². The predicted molar refractivity (Wildman–Crippen MR) is 117 cm³/mol. The van der Waals surface area contributed by atoms with E-state index in [9.17, 15) is 9.59 Å². The Morgan fingerprint density at radius 1 is 1.10 bits per heavy atom. The summed E-state index contributed by atoms with van der Waals surface area (Å²) in [5.74, 6) is -0.143. The molecule has 2 aromatic carbocycles. The Morgan fingerprint density at radius 2 is 1.90 bits per heavy atom. The molecule has 3 aromatic rings. The molecule has 31 heavy (non-hydrogen) atoms. The number of hydrazine groups is 1. The molecule has 5 rings (SSSR count). The number of hydrogen-bond acceptors (Lipinski definition) is 5. The van der Waals surface area contributed by atoms with E-state index in [0.29, 0.717) is 54.5 Å². The Morgan fingerprint density at radius 3 is 2.68 bits per heavy atom. The molecule has 0 spiro atoms. The number of aromatic nitrogens is 2. The highest BCUT2D eigenvalue weighted by Crippen LogP contribution is 2.43. The molecule has 0 atom stereocenters. The van der Waals surface area contributed by atoms with Crippen LogP contribution in [0.15, 0.2) is 36.4 Å². The zero-order valence-corrected chi connectivity index (χ0v) is 17.4. The van der Waals surface area contributed by atoms with Crippen LogP contribution in [-0.4, -0.2) is 53.3 Å². The van der Waals surface area contributed by atoms with E-state index in [-0.39, 0.29) is 11.8 Å². The zero-order valence-electron chi connectivity index (χ0n) is 17.4. The molecule has 158 valence electrons. The molecule has 2 heterocycles. The van der Waals surface area contributed by atoms with E-state index in [1.165, 1.54) is 0 Å². The number of ether oxygens (including phenoxy) is 1. The fourth-order valence-electron chi connectivity index (χ4n) is 4.24. The van der Waals surface area contributed by atoms with Crippen molar-refractivity contribution in [3.8, 4) is 22.5 Å². The summed E-state index contributed by atoms with van der Waals surface area (Å²) in [6.45, 7) is 6.44. The van der Waals surface area contributed by atoms with Crippen molar-refractivity contribution >= 4 is 17.5 Å². The number of aromatic amines is 1. The molecule has 1 aromatic heterocycles. The van der Waals surface area contributed by atoms with E-state index < -0.39 is 0 Å². The van der Waals surface area contributed by atoms with E-state index in [0.717, 1.165) is 22.3 Å². The van der Waals surface area contributed by atoms with Gasteiger partial charge in [-0.05, 0) is 25.5 Å². The van der Waals surface area contributed by atoms with Gasteiger partial charge in [-0.25, -0.2) is 9.80 Å². The summed E-state index contributed by atoms with van der Waals surface area (Å²) in [6, 6.07) is 11.1. The maximum absolute atomic E-state index is 13.5. The molecular weight excluding hydrogens is 394 g/mol. The third-order valence-electron chi connectivity index (χ3n) is 5.71. The number of nitrogens with zero attached hydrogens (tertiary/aromatic N) is 2. The van der Waals surface area contributed by atoms with Gasteiger partial charge in [0.05, 0.1) is 35.7 Å². The van der Waals surface area contributed by atoms with Gasteiger partial charge in [-0.15, -0.1) is 0 Å². The molecule has 1 saturated heterocycles. The molecule has 8 heteroatoms. The number of carbonyl (C=O) groups excluding carboxylic acids is 2. The third kappa shape index (κ3) is 3.39. The highest BCUT2D eigenvalue weighted by molar-refractivity contribution is 6.27. The van der Waals surface area contributed by atoms with Crippen molar-refractivity contribution < 1.29 is 14.3 Å². The molecule has 0 bridgehead atoms. The second kappa shape index (κ2) is 7.64. The fourth-order valence-corrected chi connectivity index (χ4v) is 4.24. The van der Waals surface area contributed by atoms with Crippen LogP contribution >= 0.6 is 0 Å². The van der Waals surface area contributed by atoms with Gasteiger partial charge in [-0.3, -0.25) is 15.3 Å². The lowest BCUT2D eigenvalue weighted by Crippen LogP contribution is -2.49. The highest BCUT2D eigenvalue weighted by Gasteiger charge is 2.35. The maximum Gasteiger partial charge on any atom is 0.333 e. The zero-order chi connectivity index (χ0) is 21.5. The lowest BCUT2D eigenvalue weighted by molar-refractivity contribution is 0.0207. The van der Waals surface area contributed by atoms with Crippen molar-refractivity contribution in [1.82, 2.24) is 20.6 Å². The molecule has 1 fully saturated rings. The van der Waals surface area contributed by atoms with E-state index in [4.69, 9.17) is 4.74 Å². The first-order valence-electron chi connectivity index (χ1n) is 10.3. The van der Waals surface area contributed by atoms with Crippen LogP contribution in [0.4, 0.5) is 10.5 Å². The van der Waals surface area contributed by atoms with Crippen molar-refractivity contribution in [2.75, 3.05) is 31.6 Å². The van der Waals surface area contributed by atoms with Crippen LogP contribution in [0.3, 0.4) is 0 Å². The number of fused-ring (bicyclic) bond motifs is 3. The number of nitrogens with one attached hydrogen (secondary N) is 3. The number of rotatable bonds is 3. The van der Waals surface area contributed by atoms with Gasteiger partial charge in [0.25, 0.3) is 0 Å². The summed E-state index contributed by atoms with van der Waals surface area (Å²) >= 11 is 0. The number of urea groups is 1. The summed E-state index contributed by atoms with van der Waals surface area (Å²) < 4.78 is 5.30. The van der Waals surface area contributed by atoms with Crippen LogP contribution in [0.5, 0.6) is 0 Å². The van der Waals surface area contributed by atoms with Crippen LogP contribution < -0.4 is 10.7 Å². The molecule has 0 radical (unpaired) electrons. The normalized spacial score (nSPS) is 15.5. The Hall–Kier alpha value is -3.49. The summed E-state index contributed by atoms with van der Waals surface area (Å²) in [6.07, 6.45) is 0. The monoisotopic (exact) mass is 417 g/mol. The van der Waals surface area contributed by atoms with E-state index in [2.05, 4.69) is 27.0 Å². The number of benzene rings is 2. The van der Waals surface area contributed by atoms with E-state index >= 15 is 0 Å². The standard InChI is InChI=1S/C23H23N5O3/c1-13-6-7-15(14(2)12-13)20-19-21(26-25-20)16-4-3-5-17(18(16)22(19)29)24-23(30)27-28-8-10-31-11-9-28/h3-7,12H,8-11H2,1-2H3,(H,25,26)(H2,24,27,30). The lowest BCUT2D eigenvalue weighted by Gasteiger charge is -2.27. The van der Waals surface area contributed by atoms with Crippen molar-refractivity contribution in [2.45, 2.75) is 13.8 Å². The first kappa shape index (κ1) is 19.5. The minimum atomic E-state index is -0.385. The van der Waals surface area contributed by atoms with Crippen molar-refractivity contribution in [2.24, 2.45) is 0 Å². The molecule has 0 saturated carbocycles. The Balaban J connectivity index is 1.46. The number of morpholine rings is 1. The number of aryl methyl sites for hydroxylation is 2. The maximum atomic E-state index is 13.5. The summed E-state index contributed by atoms with van der Waals surface area (Å²) in [7, 11) is 0. The van der Waals surface area contributed by atoms with Crippen LogP contribution in [0.2, 0.25) is 0 Å². The van der Waals surface area contributed by atoms with Crippen molar-refractivity contribution in [1.29, 1.82) is 0 Å². The average molecular weight is 417 g/mol. The number of H-pyrrole nitrogens is 1. The molecule has 8 nitrogen and oxygen atoms in total. The third-order valence-corrected chi connectivity index (χ3v) is 5.71. The summed E-state index contributed by atoms with van der Waals surface area (Å²) in [5.41, 5.74) is 9.51. The molecule has 0 unspecified atom stereocenters. The largest absolute Gasteiger partial charge is 0.379 e. The Labute approximate surface area is 179 Å².